The highest BCUT2D eigenvalue weighted by atomic mass is 16.5. The monoisotopic (exact) mass is 454 g/mol. The highest BCUT2D eigenvalue weighted by Gasteiger charge is 2.59. The fraction of sp³-hybridized carbons (Fsp3) is 0.867. The van der Waals surface area contributed by atoms with Crippen LogP contribution in [0.4, 0.5) is 0 Å². The Morgan fingerprint density at radius 3 is 2.64 bits per heavy atom. The predicted molar refractivity (Wildman–Crippen MR) is 131 cm³/mol. The molecule has 0 radical (unpaired) electrons. The summed E-state index contributed by atoms with van der Waals surface area (Å²) >= 11 is 0. The van der Waals surface area contributed by atoms with E-state index < -0.39 is 0 Å². The molecular weight excluding hydrogens is 408 g/mol. The number of allylic oxidation sites excluding steroid dienone is 1. The van der Waals surface area contributed by atoms with E-state index in [1.165, 1.54) is 56.9 Å². The van der Waals surface area contributed by atoms with E-state index in [0.29, 0.717) is 23.5 Å². The zero-order chi connectivity index (χ0) is 23.2. The summed E-state index contributed by atoms with van der Waals surface area (Å²) < 4.78 is 6.38. The van der Waals surface area contributed by atoms with Crippen molar-refractivity contribution in [3.05, 3.63) is 11.6 Å². The van der Waals surface area contributed by atoms with Gasteiger partial charge in [0, 0.05) is 11.8 Å². The molecule has 5 aliphatic rings. The normalized spacial score (nSPS) is 44.9. The summed E-state index contributed by atoms with van der Waals surface area (Å²) in [7, 11) is 0. The van der Waals surface area contributed by atoms with Crippen LogP contribution < -0.4 is 0 Å². The lowest BCUT2D eigenvalue weighted by molar-refractivity contribution is -0.166. The van der Waals surface area contributed by atoms with Crippen LogP contribution in [0, 0.1) is 46.8 Å². The van der Waals surface area contributed by atoms with Gasteiger partial charge in [0.05, 0.1) is 5.92 Å². The van der Waals surface area contributed by atoms with E-state index >= 15 is 0 Å². The maximum Gasteiger partial charge on any atom is 0.309 e. The molecule has 0 aliphatic heterocycles. The number of ether oxygens (including phenoxy) is 1. The van der Waals surface area contributed by atoms with Gasteiger partial charge in [-0.25, -0.2) is 0 Å². The number of esters is 1. The van der Waals surface area contributed by atoms with Crippen LogP contribution >= 0.6 is 0 Å². The predicted octanol–water partition coefficient (Wildman–Crippen LogP) is 7.28. The van der Waals surface area contributed by atoms with Crippen LogP contribution in [-0.4, -0.2) is 17.9 Å². The first-order valence-electron chi connectivity index (χ1n) is 14.3. The molecular formula is C30H46O3. The maximum absolute atomic E-state index is 13.2. The molecule has 0 unspecified atom stereocenters. The van der Waals surface area contributed by atoms with Gasteiger partial charge in [-0.05, 0) is 106 Å². The lowest BCUT2D eigenvalue weighted by Gasteiger charge is -2.55. The van der Waals surface area contributed by atoms with Crippen LogP contribution in [0.5, 0.6) is 0 Å². The van der Waals surface area contributed by atoms with Gasteiger partial charge in [0.2, 0.25) is 0 Å². The van der Waals surface area contributed by atoms with Gasteiger partial charge in [-0.15, -0.1) is 0 Å². The smallest absolute Gasteiger partial charge is 0.309 e. The SMILES string of the molecule is CCCCC1CCC(C(=O)O[C@H]2CC[C@H]3[C@H]4[C@H](CC[C@]23C)[C@H]2CCC(=O)C=C2C[C@H]4C)CC1. The second-order valence-electron chi connectivity index (χ2n) is 12.8. The number of ketones is 1. The number of carbonyl (C=O) groups excluding carboxylic acids is 2. The number of hydrogen-bond acceptors (Lipinski definition) is 3. The minimum atomic E-state index is 0.116. The molecule has 0 aromatic rings. The van der Waals surface area contributed by atoms with Crippen LogP contribution in [0.15, 0.2) is 11.6 Å². The van der Waals surface area contributed by atoms with Crippen molar-refractivity contribution in [2.45, 2.75) is 117 Å². The second-order valence-corrected chi connectivity index (χ2v) is 12.8. The summed E-state index contributed by atoms with van der Waals surface area (Å²) in [5, 5.41) is 0. The van der Waals surface area contributed by atoms with E-state index in [0.717, 1.165) is 56.3 Å². The van der Waals surface area contributed by atoms with Gasteiger partial charge in [-0.3, -0.25) is 9.59 Å². The minimum Gasteiger partial charge on any atom is -0.462 e. The summed E-state index contributed by atoms with van der Waals surface area (Å²) in [6.45, 7) is 7.14. The standard InChI is InChI=1S/C30H46O3/c1-4-5-6-20-7-9-21(10-8-20)29(32)33-27-14-13-26-28-19(2)17-22-18-23(31)11-12-24(22)25(28)15-16-30(26,27)3/h18-21,24-28H,4-17H2,1-3H3/t19-,20?,21?,24+,25-,26+,27+,28-,30+/m1/s1. The topological polar surface area (TPSA) is 43.4 Å². The summed E-state index contributed by atoms with van der Waals surface area (Å²) in [4.78, 5) is 25.2. The van der Waals surface area contributed by atoms with Crippen molar-refractivity contribution in [1.82, 2.24) is 0 Å². The van der Waals surface area contributed by atoms with Gasteiger partial charge in [-0.1, -0.05) is 45.6 Å². The fourth-order valence-corrected chi connectivity index (χ4v) is 9.15. The van der Waals surface area contributed by atoms with Crippen molar-refractivity contribution in [1.29, 1.82) is 0 Å². The Morgan fingerprint density at radius 2 is 1.88 bits per heavy atom. The average molecular weight is 455 g/mol. The quantitative estimate of drug-likeness (QED) is 0.410. The van der Waals surface area contributed by atoms with E-state index in [9.17, 15) is 9.59 Å². The third-order valence-electron chi connectivity index (χ3n) is 11.0. The molecule has 5 rings (SSSR count). The molecule has 0 saturated heterocycles. The van der Waals surface area contributed by atoms with Crippen molar-refractivity contribution >= 4 is 11.8 Å². The third kappa shape index (κ3) is 4.36. The molecule has 3 heteroatoms. The summed E-state index contributed by atoms with van der Waals surface area (Å²) in [6.07, 6.45) is 18.2. The first kappa shape index (κ1) is 23.6. The van der Waals surface area contributed by atoms with E-state index in [1.807, 2.05) is 6.08 Å². The van der Waals surface area contributed by atoms with Crippen molar-refractivity contribution < 1.29 is 14.3 Å². The van der Waals surface area contributed by atoms with E-state index in [1.54, 1.807) is 0 Å². The molecule has 3 nitrogen and oxygen atoms in total. The van der Waals surface area contributed by atoms with Crippen LogP contribution in [0.2, 0.25) is 0 Å². The minimum absolute atomic E-state index is 0.116. The maximum atomic E-state index is 13.2. The second kappa shape index (κ2) is 9.50. The van der Waals surface area contributed by atoms with Crippen molar-refractivity contribution in [2.75, 3.05) is 0 Å². The van der Waals surface area contributed by atoms with E-state index in [2.05, 4.69) is 20.8 Å². The Labute approximate surface area is 201 Å². The fourth-order valence-electron chi connectivity index (χ4n) is 9.15. The van der Waals surface area contributed by atoms with Crippen LogP contribution in [0.3, 0.4) is 0 Å². The van der Waals surface area contributed by atoms with Gasteiger partial charge in [0.25, 0.3) is 0 Å². The molecule has 33 heavy (non-hydrogen) atoms. The largest absolute Gasteiger partial charge is 0.462 e. The van der Waals surface area contributed by atoms with Crippen molar-refractivity contribution in [2.24, 2.45) is 46.8 Å². The highest BCUT2D eigenvalue weighted by Crippen LogP contribution is 2.63. The first-order valence-corrected chi connectivity index (χ1v) is 14.3. The van der Waals surface area contributed by atoms with Crippen LogP contribution in [-0.2, 0) is 14.3 Å². The molecule has 0 aromatic carbocycles. The lowest BCUT2D eigenvalue weighted by atomic mass is 9.49. The van der Waals surface area contributed by atoms with Crippen molar-refractivity contribution in [3.63, 3.8) is 0 Å². The lowest BCUT2D eigenvalue weighted by Crippen LogP contribution is -2.51. The van der Waals surface area contributed by atoms with Crippen LogP contribution in [0.25, 0.3) is 0 Å². The Morgan fingerprint density at radius 1 is 1.09 bits per heavy atom. The molecule has 0 heterocycles. The van der Waals surface area contributed by atoms with Gasteiger partial charge < -0.3 is 4.74 Å². The molecule has 0 amide bonds. The zero-order valence-electron chi connectivity index (χ0n) is 21.3. The Kier molecular flexibility index (Phi) is 6.80. The average Bonchev–Trinajstić information content (AvgIpc) is 3.13. The Bertz CT molecular complexity index is 775. The van der Waals surface area contributed by atoms with Gasteiger partial charge in [-0.2, -0.15) is 0 Å². The van der Waals surface area contributed by atoms with Gasteiger partial charge in [0.1, 0.15) is 6.10 Å². The van der Waals surface area contributed by atoms with Crippen LogP contribution in [0.1, 0.15) is 111 Å². The molecule has 0 bridgehead atoms. The number of fused-ring (bicyclic) bond motifs is 5. The highest BCUT2D eigenvalue weighted by molar-refractivity contribution is 5.91. The van der Waals surface area contributed by atoms with Crippen molar-refractivity contribution in [3.8, 4) is 0 Å². The molecule has 184 valence electrons. The molecule has 5 aliphatic carbocycles. The molecule has 0 spiro atoms. The first-order chi connectivity index (χ1) is 15.9. The Balaban J connectivity index is 1.23. The van der Waals surface area contributed by atoms with E-state index in [4.69, 9.17) is 4.74 Å². The number of hydrogen-bond donors (Lipinski definition) is 0. The molecule has 4 saturated carbocycles. The third-order valence-corrected chi connectivity index (χ3v) is 11.0. The van der Waals surface area contributed by atoms with Gasteiger partial charge in [0.15, 0.2) is 5.78 Å². The summed E-state index contributed by atoms with van der Waals surface area (Å²) in [6, 6.07) is 0. The van der Waals surface area contributed by atoms with Gasteiger partial charge >= 0.3 is 5.97 Å². The summed E-state index contributed by atoms with van der Waals surface area (Å²) in [5.74, 6) is 4.86. The molecule has 7 atom stereocenters. The molecule has 4 fully saturated rings. The zero-order valence-corrected chi connectivity index (χ0v) is 21.3. The summed E-state index contributed by atoms with van der Waals surface area (Å²) in [5.41, 5.74) is 1.61. The number of rotatable bonds is 5. The molecule has 0 aromatic heterocycles. The molecule has 0 N–H and O–H groups in total. The number of carbonyl (C=O) groups is 2. The number of unbranched alkanes of at least 4 members (excludes halogenated alkanes) is 1. The Hall–Kier alpha value is -1.12. The van der Waals surface area contributed by atoms with E-state index in [-0.39, 0.29) is 23.4 Å².